The van der Waals surface area contributed by atoms with Gasteiger partial charge in [-0.3, -0.25) is 0 Å². The number of hydrogen-bond donors (Lipinski definition) is 1. The summed E-state index contributed by atoms with van der Waals surface area (Å²) in [4.78, 5) is 0. The smallest absolute Gasteiger partial charge is 0.127 e. The van der Waals surface area contributed by atoms with Crippen molar-refractivity contribution in [2.45, 2.75) is 13.0 Å². The zero-order chi connectivity index (χ0) is 13.8. The molecule has 0 bridgehead atoms. The summed E-state index contributed by atoms with van der Waals surface area (Å²) in [5, 5.41) is 10.0. The number of phenols is 1. The largest absolute Gasteiger partial charge is 0.508 e. The maximum Gasteiger partial charge on any atom is 0.127 e. The maximum absolute atomic E-state index is 9.41. The molecule has 2 aromatic rings. The van der Waals surface area contributed by atoms with Gasteiger partial charge in [0.2, 0.25) is 0 Å². The van der Waals surface area contributed by atoms with E-state index in [1.165, 1.54) is 0 Å². The molecule has 0 amide bonds. The van der Waals surface area contributed by atoms with E-state index in [2.05, 4.69) is 0 Å². The van der Waals surface area contributed by atoms with E-state index in [-0.39, 0.29) is 11.9 Å². The molecule has 19 heavy (non-hydrogen) atoms. The zero-order valence-corrected chi connectivity index (χ0v) is 11.5. The Balaban J connectivity index is 2.22. The monoisotopic (exact) mass is 278 g/mol. The molecule has 0 aromatic heterocycles. The zero-order valence-electron chi connectivity index (χ0n) is 10.8. The molecule has 1 atom stereocenters. The van der Waals surface area contributed by atoms with Crippen LogP contribution in [0.25, 0.3) is 0 Å². The Bertz CT molecular complexity index is 569. The van der Waals surface area contributed by atoms with Crippen molar-refractivity contribution in [3.05, 3.63) is 53.1 Å². The second-order valence-corrected chi connectivity index (χ2v) is 4.58. The van der Waals surface area contributed by atoms with Crippen molar-refractivity contribution < 1.29 is 14.6 Å². The SMILES string of the molecule is COc1cc(Cl)ccc1C(C)Oc1cccc(O)c1. The van der Waals surface area contributed by atoms with Crippen LogP contribution in [0.2, 0.25) is 5.02 Å². The lowest BCUT2D eigenvalue weighted by Gasteiger charge is -2.18. The number of halogens is 1. The van der Waals surface area contributed by atoms with Crippen LogP contribution in [-0.4, -0.2) is 12.2 Å². The highest BCUT2D eigenvalue weighted by molar-refractivity contribution is 6.30. The van der Waals surface area contributed by atoms with Gasteiger partial charge in [0.1, 0.15) is 23.4 Å². The van der Waals surface area contributed by atoms with Gasteiger partial charge in [-0.2, -0.15) is 0 Å². The topological polar surface area (TPSA) is 38.7 Å². The summed E-state index contributed by atoms with van der Waals surface area (Å²) in [6.45, 7) is 1.91. The lowest BCUT2D eigenvalue weighted by molar-refractivity contribution is 0.220. The molecule has 3 nitrogen and oxygen atoms in total. The van der Waals surface area contributed by atoms with E-state index in [1.807, 2.05) is 13.0 Å². The normalized spacial score (nSPS) is 11.9. The average Bonchev–Trinajstić information content (AvgIpc) is 2.38. The van der Waals surface area contributed by atoms with Crippen molar-refractivity contribution in [3.8, 4) is 17.2 Å². The Morgan fingerprint density at radius 2 is 1.95 bits per heavy atom. The van der Waals surface area contributed by atoms with Crippen LogP contribution < -0.4 is 9.47 Å². The summed E-state index contributed by atoms with van der Waals surface area (Å²) in [6.07, 6.45) is -0.214. The molecule has 1 N–H and O–H groups in total. The third-order valence-corrected chi connectivity index (χ3v) is 3.00. The summed E-state index contributed by atoms with van der Waals surface area (Å²) in [6, 6.07) is 12.1. The van der Waals surface area contributed by atoms with Crippen LogP contribution >= 0.6 is 11.6 Å². The van der Waals surface area contributed by atoms with Crippen molar-refractivity contribution in [1.29, 1.82) is 0 Å². The molecule has 0 saturated heterocycles. The summed E-state index contributed by atoms with van der Waals surface area (Å²) in [7, 11) is 1.59. The number of ether oxygens (including phenoxy) is 2. The van der Waals surface area contributed by atoms with E-state index in [9.17, 15) is 5.11 Å². The number of phenolic OH excluding ortho intramolecular Hbond substituents is 1. The van der Waals surface area contributed by atoms with E-state index in [4.69, 9.17) is 21.1 Å². The average molecular weight is 279 g/mol. The van der Waals surface area contributed by atoms with E-state index in [0.717, 1.165) is 5.56 Å². The van der Waals surface area contributed by atoms with E-state index in [0.29, 0.717) is 16.5 Å². The number of methoxy groups -OCH3 is 1. The van der Waals surface area contributed by atoms with Gasteiger partial charge in [0.05, 0.1) is 7.11 Å². The molecule has 4 heteroatoms. The predicted octanol–water partition coefficient (Wildman–Crippen LogP) is 4.19. The summed E-state index contributed by atoms with van der Waals surface area (Å²) in [5.74, 6) is 1.46. The van der Waals surface area contributed by atoms with Crippen molar-refractivity contribution >= 4 is 11.6 Å². The first kappa shape index (κ1) is 13.6. The molecule has 0 radical (unpaired) electrons. The molecule has 0 aliphatic carbocycles. The van der Waals surface area contributed by atoms with Crippen LogP contribution in [0.4, 0.5) is 0 Å². The Morgan fingerprint density at radius 3 is 2.63 bits per heavy atom. The van der Waals surface area contributed by atoms with Gasteiger partial charge in [-0.15, -0.1) is 0 Å². The maximum atomic E-state index is 9.41. The van der Waals surface area contributed by atoms with Gasteiger partial charge in [-0.05, 0) is 31.2 Å². The first-order chi connectivity index (χ1) is 9.10. The first-order valence-corrected chi connectivity index (χ1v) is 6.27. The number of benzene rings is 2. The fraction of sp³-hybridized carbons (Fsp3) is 0.200. The molecule has 0 aliphatic rings. The van der Waals surface area contributed by atoms with Crippen molar-refractivity contribution in [2.24, 2.45) is 0 Å². The molecule has 0 saturated carbocycles. The second kappa shape index (κ2) is 5.85. The summed E-state index contributed by atoms with van der Waals surface area (Å²) < 4.78 is 11.1. The van der Waals surface area contributed by atoms with Crippen LogP contribution in [0.15, 0.2) is 42.5 Å². The lowest BCUT2D eigenvalue weighted by atomic mass is 10.1. The predicted molar refractivity (Wildman–Crippen MR) is 75.2 cm³/mol. The molecule has 0 spiro atoms. The highest BCUT2D eigenvalue weighted by Gasteiger charge is 2.13. The Hall–Kier alpha value is -1.87. The van der Waals surface area contributed by atoms with Crippen molar-refractivity contribution in [1.82, 2.24) is 0 Å². The minimum Gasteiger partial charge on any atom is -0.508 e. The number of rotatable bonds is 4. The molecule has 2 aromatic carbocycles. The van der Waals surface area contributed by atoms with Crippen LogP contribution in [0.5, 0.6) is 17.2 Å². The number of aromatic hydroxyl groups is 1. The molecule has 0 aliphatic heterocycles. The van der Waals surface area contributed by atoms with Crippen molar-refractivity contribution in [3.63, 3.8) is 0 Å². The standard InChI is InChI=1S/C15H15ClO3/c1-10(19-13-5-3-4-12(17)9-13)14-7-6-11(16)8-15(14)18-2/h3-10,17H,1-2H3. The van der Waals surface area contributed by atoms with Gasteiger partial charge in [0.15, 0.2) is 0 Å². The highest BCUT2D eigenvalue weighted by Crippen LogP contribution is 2.31. The molecular formula is C15H15ClO3. The molecule has 2 rings (SSSR count). The Morgan fingerprint density at radius 1 is 1.16 bits per heavy atom. The molecular weight excluding hydrogens is 264 g/mol. The van der Waals surface area contributed by atoms with Gasteiger partial charge in [0.25, 0.3) is 0 Å². The van der Waals surface area contributed by atoms with Gasteiger partial charge in [-0.25, -0.2) is 0 Å². The molecule has 100 valence electrons. The van der Waals surface area contributed by atoms with Crippen molar-refractivity contribution in [2.75, 3.05) is 7.11 Å². The Labute approximate surface area is 117 Å². The Kier molecular flexibility index (Phi) is 4.17. The quantitative estimate of drug-likeness (QED) is 0.911. The molecule has 0 heterocycles. The van der Waals surface area contributed by atoms with Crippen LogP contribution in [0, 0.1) is 0 Å². The van der Waals surface area contributed by atoms with Crippen LogP contribution in [-0.2, 0) is 0 Å². The van der Waals surface area contributed by atoms with Gasteiger partial charge in [0, 0.05) is 16.7 Å². The van der Waals surface area contributed by atoms with E-state index < -0.39 is 0 Å². The summed E-state index contributed by atoms with van der Waals surface area (Å²) in [5.41, 5.74) is 0.898. The van der Waals surface area contributed by atoms with Crippen LogP contribution in [0.3, 0.4) is 0 Å². The second-order valence-electron chi connectivity index (χ2n) is 4.14. The summed E-state index contributed by atoms with van der Waals surface area (Å²) >= 11 is 5.93. The fourth-order valence-corrected chi connectivity index (χ4v) is 2.01. The van der Waals surface area contributed by atoms with E-state index in [1.54, 1.807) is 43.5 Å². The third kappa shape index (κ3) is 3.32. The highest BCUT2D eigenvalue weighted by atomic mass is 35.5. The molecule has 1 unspecified atom stereocenters. The van der Waals surface area contributed by atoms with Crippen LogP contribution in [0.1, 0.15) is 18.6 Å². The number of hydrogen-bond acceptors (Lipinski definition) is 3. The van der Waals surface area contributed by atoms with Gasteiger partial charge in [-0.1, -0.05) is 23.7 Å². The van der Waals surface area contributed by atoms with Gasteiger partial charge < -0.3 is 14.6 Å². The third-order valence-electron chi connectivity index (χ3n) is 2.76. The first-order valence-electron chi connectivity index (χ1n) is 5.89. The van der Waals surface area contributed by atoms with Gasteiger partial charge >= 0.3 is 0 Å². The molecule has 0 fully saturated rings. The minimum absolute atomic E-state index is 0.174. The fourth-order valence-electron chi connectivity index (χ4n) is 1.85. The van der Waals surface area contributed by atoms with E-state index >= 15 is 0 Å². The lowest BCUT2D eigenvalue weighted by Crippen LogP contribution is -2.05. The minimum atomic E-state index is -0.214.